The molecule has 1 aromatic rings. The van der Waals surface area contributed by atoms with Crippen molar-refractivity contribution in [2.45, 2.75) is 25.5 Å². The fourth-order valence-corrected chi connectivity index (χ4v) is 2.48. The van der Waals surface area contributed by atoms with Crippen molar-refractivity contribution < 1.29 is 5.11 Å². The first-order valence-corrected chi connectivity index (χ1v) is 6.31. The number of hydrogen-bond donors (Lipinski definition) is 2. The maximum absolute atomic E-state index is 10.6. The predicted octanol–water partition coefficient (Wildman–Crippen LogP) is 1.19. The average molecular weight is 234 g/mol. The van der Waals surface area contributed by atoms with Gasteiger partial charge in [0, 0.05) is 32.2 Å². The molecule has 94 valence electrons. The van der Waals surface area contributed by atoms with Crippen LogP contribution < -0.4 is 5.32 Å². The number of benzene rings is 1. The highest BCUT2D eigenvalue weighted by molar-refractivity contribution is 5.21. The van der Waals surface area contributed by atoms with Gasteiger partial charge in [0.1, 0.15) is 0 Å². The van der Waals surface area contributed by atoms with Gasteiger partial charge in [-0.1, -0.05) is 30.3 Å². The minimum Gasteiger partial charge on any atom is -0.384 e. The molecule has 0 aliphatic carbocycles. The topological polar surface area (TPSA) is 35.5 Å². The van der Waals surface area contributed by atoms with E-state index in [1.54, 1.807) is 0 Å². The second-order valence-electron chi connectivity index (χ2n) is 5.23. The maximum atomic E-state index is 10.6. The summed E-state index contributed by atoms with van der Waals surface area (Å²) < 4.78 is 0. The molecule has 1 heterocycles. The normalized spacial score (nSPS) is 25.5. The van der Waals surface area contributed by atoms with E-state index in [0.717, 1.165) is 25.2 Å². The molecule has 2 rings (SSSR count). The zero-order valence-electron chi connectivity index (χ0n) is 10.7. The van der Waals surface area contributed by atoms with E-state index in [1.807, 2.05) is 37.3 Å². The van der Waals surface area contributed by atoms with Crippen molar-refractivity contribution in [1.82, 2.24) is 10.2 Å². The standard InChI is InChI=1S/C14H22N2O/c1-12-10-16(9-8-15-12)11-14(2,17)13-6-4-3-5-7-13/h3-7,12,15,17H,8-11H2,1-2H3. The van der Waals surface area contributed by atoms with Crippen LogP contribution in [-0.4, -0.2) is 42.2 Å². The van der Waals surface area contributed by atoms with Crippen molar-refractivity contribution in [1.29, 1.82) is 0 Å². The summed E-state index contributed by atoms with van der Waals surface area (Å²) in [5.74, 6) is 0. The smallest absolute Gasteiger partial charge is 0.0994 e. The van der Waals surface area contributed by atoms with Gasteiger partial charge in [0.25, 0.3) is 0 Å². The summed E-state index contributed by atoms with van der Waals surface area (Å²) in [6, 6.07) is 10.4. The highest BCUT2D eigenvalue weighted by Crippen LogP contribution is 2.21. The Morgan fingerprint density at radius 2 is 2.12 bits per heavy atom. The van der Waals surface area contributed by atoms with E-state index in [2.05, 4.69) is 17.1 Å². The van der Waals surface area contributed by atoms with Crippen molar-refractivity contribution >= 4 is 0 Å². The molecule has 1 aromatic carbocycles. The quantitative estimate of drug-likeness (QED) is 0.824. The zero-order valence-corrected chi connectivity index (χ0v) is 10.7. The number of rotatable bonds is 3. The molecule has 0 saturated carbocycles. The molecule has 0 amide bonds. The second kappa shape index (κ2) is 5.17. The van der Waals surface area contributed by atoms with Crippen molar-refractivity contribution in [2.75, 3.05) is 26.2 Å². The molecule has 0 aromatic heterocycles. The molecule has 3 heteroatoms. The SMILES string of the molecule is CC1CN(CC(C)(O)c2ccccc2)CCN1. The van der Waals surface area contributed by atoms with E-state index in [1.165, 1.54) is 0 Å². The van der Waals surface area contributed by atoms with Gasteiger partial charge < -0.3 is 10.4 Å². The molecule has 1 aliphatic heterocycles. The van der Waals surface area contributed by atoms with Gasteiger partial charge in [-0.15, -0.1) is 0 Å². The number of nitrogens with zero attached hydrogens (tertiary/aromatic N) is 1. The van der Waals surface area contributed by atoms with Crippen LogP contribution in [0.5, 0.6) is 0 Å². The van der Waals surface area contributed by atoms with Gasteiger partial charge in [0.15, 0.2) is 0 Å². The van der Waals surface area contributed by atoms with E-state index >= 15 is 0 Å². The largest absolute Gasteiger partial charge is 0.384 e. The third-order valence-electron chi connectivity index (χ3n) is 3.38. The highest BCUT2D eigenvalue weighted by Gasteiger charge is 2.27. The molecule has 0 radical (unpaired) electrons. The molecule has 1 fully saturated rings. The Morgan fingerprint density at radius 3 is 2.76 bits per heavy atom. The van der Waals surface area contributed by atoms with Crippen molar-refractivity contribution in [2.24, 2.45) is 0 Å². The summed E-state index contributed by atoms with van der Waals surface area (Å²) in [6.45, 7) is 7.80. The molecule has 3 nitrogen and oxygen atoms in total. The molecule has 1 saturated heterocycles. The number of nitrogens with one attached hydrogen (secondary N) is 1. The van der Waals surface area contributed by atoms with Crippen LogP contribution in [0.25, 0.3) is 0 Å². The molecular formula is C14H22N2O. The lowest BCUT2D eigenvalue weighted by Gasteiger charge is -2.37. The average Bonchev–Trinajstić information content (AvgIpc) is 2.29. The molecule has 0 spiro atoms. The lowest BCUT2D eigenvalue weighted by molar-refractivity contribution is 0.00857. The van der Waals surface area contributed by atoms with Crippen LogP contribution in [0.1, 0.15) is 19.4 Å². The Balaban J connectivity index is 2.01. The van der Waals surface area contributed by atoms with Crippen LogP contribution in [0.2, 0.25) is 0 Å². The van der Waals surface area contributed by atoms with Gasteiger partial charge >= 0.3 is 0 Å². The van der Waals surface area contributed by atoms with E-state index in [-0.39, 0.29) is 0 Å². The third-order valence-corrected chi connectivity index (χ3v) is 3.38. The van der Waals surface area contributed by atoms with Gasteiger partial charge in [-0.05, 0) is 19.4 Å². The minimum atomic E-state index is -0.766. The molecule has 17 heavy (non-hydrogen) atoms. The molecule has 2 N–H and O–H groups in total. The van der Waals surface area contributed by atoms with E-state index in [9.17, 15) is 5.11 Å². The minimum absolute atomic E-state index is 0.510. The summed E-state index contributed by atoms with van der Waals surface area (Å²) in [7, 11) is 0. The van der Waals surface area contributed by atoms with E-state index in [4.69, 9.17) is 0 Å². The zero-order chi connectivity index (χ0) is 12.3. The molecule has 1 aliphatic rings. The summed E-state index contributed by atoms with van der Waals surface area (Å²) in [5.41, 5.74) is 0.226. The number of hydrogen-bond acceptors (Lipinski definition) is 3. The van der Waals surface area contributed by atoms with Crippen molar-refractivity contribution in [3.8, 4) is 0 Å². The predicted molar refractivity (Wildman–Crippen MR) is 69.9 cm³/mol. The van der Waals surface area contributed by atoms with Crippen LogP contribution in [0, 0.1) is 0 Å². The van der Waals surface area contributed by atoms with Crippen LogP contribution in [0.4, 0.5) is 0 Å². The first kappa shape index (κ1) is 12.6. The van der Waals surface area contributed by atoms with Crippen LogP contribution in [0.3, 0.4) is 0 Å². The van der Waals surface area contributed by atoms with Crippen molar-refractivity contribution in [3.63, 3.8) is 0 Å². The van der Waals surface area contributed by atoms with Gasteiger partial charge in [-0.3, -0.25) is 4.90 Å². The van der Waals surface area contributed by atoms with Gasteiger partial charge in [-0.2, -0.15) is 0 Å². The number of piperazine rings is 1. The first-order chi connectivity index (χ1) is 8.08. The fourth-order valence-electron chi connectivity index (χ4n) is 2.48. The molecule has 2 unspecified atom stereocenters. The van der Waals surface area contributed by atoms with Gasteiger partial charge in [0.05, 0.1) is 5.60 Å². The maximum Gasteiger partial charge on any atom is 0.0994 e. The molecule has 0 bridgehead atoms. The monoisotopic (exact) mass is 234 g/mol. The first-order valence-electron chi connectivity index (χ1n) is 6.31. The Hall–Kier alpha value is -0.900. The highest BCUT2D eigenvalue weighted by atomic mass is 16.3. The second-order valence-corrected chi connectivity index (χ2v) is 5.23. The van der Waals surface area contributed by atoms with Gasteiger partial charge in [0.2, 0.25) is 0 Å². The fraction of sp³-hybridized carbons (Fsp3) is 0.571. The van der Waals surface area contributed by atoms with E-state index in [0.29, 0.717) is 12.6 Å². The Morgan fingerprint density at radius 1 is 1.41 bits per heavy atom. The Labute approximate surface area is 103 Å². The van der Waals surface area contributed by atoms with Crippen molar-refractivity contribution in [3.05, 3.63) is 35.9 Å². The molecular weight excluding hydrogens is 212 g/mol. The summed E-state index contributed by atoms with van der Waals surface area (Å²) in [6.07, 6.45) is 0. The number of β-amino-alcohol motifs (C(OH)–C–C–N with tert-alkyl or cyclic N) is 1. The Kier molecular flexibility index (Phi) is 3.82. The van der Waals surface area contributed by atoms with Crippen LogP contribution in [0.15, 0.2) is 30.3 Å². The number of aliphatic hydroxyl groups is 1. The van der Waals surface area contributed by atoms with E-state index < -0.39 is 5.60 Å². The lowest BCUT2D eigenvalue weighted by Crippen LogP contribution is -2.52. The Bertz CT molecular complexity index is 350. The third kappa shape index (κ3) is 3.28. The summed E-state index contributed by atoms with van der Waals surface area (Å²) in [5, 5.41) is 14.0. The summed E-state index contributed by atoms with van der Waals surface area (Å²) >= 11 is 0. The van der Waals surface area contributed by atoms with Crippen LogP contribution in [-0.2, 0) is 5.60 Å². The lowest BCUT2D eigenvalue weighted by atomic mass is 9.95. The van der Waals surface area contributed by atoms with Gasteiger partial charge in [-0.25, -0.2) is 0 Å². The van der Waals surface area contributed by atoms with Crippen LogP contribution >= 0.6 is 0 Å². The summed E-state index contributed by atoms with van der Waals surface area (Å²) in [4.78, 5) is 2.33. The molecule has 2 atom stereocenters.